The molecule has 4 atom stereocenters. The van der Waals surface area contributed by atoms with Gasteiger partial charge in [0, 0.05) is 5.92 Å². The number of nitrogens with two attached hydrogens (primary N) is 1. The Bertz CT molecular complexity index is 785. The molecule has 144 valence electrons. The van der Waals surface area contributed by atoms with Crippen molar-refractivity contribution in [2.45, 2.75) is 77.6 Å². The third-order valence-corrected chi connectivity index (χ3v) is 10.5. The highest BCUT2D eigenvalue weighted by molar-refractivity contribution is 6.74. The molecule has 1 aliphatic rings. The van der Waals surface area contributed by atoms with E-state index in [0.29, 0.717) is 17.0 Å². The van der Waals surface area contributed by atoms with Gasteiger partial charge in [-0.15, -0.1) is 0 Å². The molecule has 0 saturated carbocycles. The van der Waals surface area contributed by atoms with Crippen LogP contribution in [0.25, 0.3) is 11.2 Å². The Kier molecular flexibility index (Phi) is 4.87. The maximum atomic E-state index is 6.81. The first-order valence-electron chi connectivity index (χ1n) is 9.33. The van der Waals surface area contributed by atoms with Gasteiger partial charge in [0.25, 0.3) is 0 Å². The van der Waals surface area contributed by atoms with Gasteiger partial charge < -0.3 is 14.9 Å². The van der Waals surface area contributed by atoms with Crippen LogP contribution >= 0.6 is 0 Å². The van der Waals surface area contributed by atoms with E-state index < -0.39 is 8.32 Å². The summed E-state index contributed by atoms with van der Waals surface area (Å²) in [5, 5.41) is 0.130. The molecule has 1 fully saturated rings. The molecule has 0 aromatic carbocycles. The quantitative estimate of drug-likeness (QED) is 0.817. The highest BCUT2D eigenvalue weighted by Gasteiger charge is 2.48. The minimum absolute atomic E-state index is 0.0468. The Morgan fingerprint density at radius 2 is 1.96 bits per heavy atom. The van der Waals surface area contributed by atoms with Gasteiger partial charge in [-0.25, -0.2) is 15.0 Å². The third-order valence-electron chi connectivity index (χ3n) is 6.00. The summed E-state index contributed by atoms with van der Waals surface area (Å²) in [6.07, 6.45) is 3.99. The lowest BCUT2D eigenvalue weighted by molar-refractivity contribution is -0.0321. The number of anilines is 1. The van der Waals surface area contributed by atoms with Crippen LogP contribution in [0.4, 0.5) is 5.82 Å². The zero-order chi connectivity index (χ0) is 19.3. The normalized spacial score (nSPS) is 27.3. The van der Waals surface area contributed by atoms with Crippen molar-refractivity contribution in [3.05, 3.63) is 12.7 Å². The predicted octanol–water partition coefficient (Wildman–Crippen LogP) is 3.74. The van der Waals surface area contributed by atoms with Crippen molar-refractivity contribution in [1.29, 1.82) is 0 Å². The Hall–Kier alpha value is -1.51. The monoisotopic (exact) mass is 377 g/mol. The van der Waals surface area contributed by atoms with E-state index in [1.807, 2.05) is 4.57 Å². The summed E-state index contributed by atoms with van der Waals surface area (Å²) in [5.74, 6) is 0.671. The van der Waals surface area contributed by atoms with Crippen molar-refractivity contribution in [1.82, 2.24) is 19.5 Å². The summed E-state index contributed by atoms with van der Waals surface area (Å²) >= 11 is 0. The number of aromatic nitrogens is 4. The molecule has 3 heterocycles. The van der Waals surface area contributed by atoms with E-state index in [-0.39, 0.29) is 29.4 Å². The summed E-state index contributed by atoms with van der Waals surface area (Å²) in [4.78, 5) is 12.8. The molecule has 2 aromatic heterocycles. The summed E-state index contributed by atoms with van der Waals surface area (Å²) in [6, 6.07) is 0. The first kappa shape index (κ1) is 19.3. The zero-order valence-corrected chi connectivity index (χ0v) is 17.9. The minimum Gasteiger partial charge on any atom is -0.409 e. The molecule has 0 unspecified atom stereocenters. The molecule has 1 saturated heterocycles. The molecule has 0 spiro atoms. The molecule has 0 radical (unpaired) electrons. The Balaban J connectivity index is 2.01. The van der Waals surface area contributed by atoms with Crippen LogP contribution in [0.3, 0.4) is 0 Å². The molecule has 8 heteroatoms. The van der Waals surface area contributed by atoms with Crippen LogP contribution in [0.2, 0.25) is 18.1 Å². The van der Waals surface area contributed by atoms with Crippen LogP contribution in [0.5, 0.6) is 0 Å². The molecule has 0 bridgehead atoms. The SMILES string of the molecule is CC[C@H]1O[C@@H](n2cnc3c(N)ncnc32)[C@H](O[Si](C)(C)C(C)(C)C)[C@@H]1C. The number of ether oxygens (including phenoxy) is 1. The lowest BCUT2D eigenvalue weighted by Crippen LogP contribution is -2.46. The zero-order valence-electron chi connectivity index (χ0n) is 16.9. The second kappa shape index (κ2) is 6.58. The number of nitrogen functional groups attached to an aromatic ring is 1. The van der Waals surface area contributed by atoms with E-state index in [0.717, 1.165) is 6.42 Å². The van der Waals surface area contributed by atoms with E-state index in [1.54, 1.807) is 6.33 Å². The highest BCUT2D eigenvalue weighted by Crippen LogP contribution is 2.44. The number of imidazole rings is 1. The Morgan fingerprint density at radius 3 is 2.58 bits per heavy atom. The van der Waals surface area contributed by atoms with Crippen LogP contribution in [0.15, 0.2) is 12.7 Å². The van der Waals surface area contributed by atoms with Crippen LogP contribution in [0, 0.1) is 5.92 Å². The van der Waals surface area contributed by atoms with Crippen LogP contribution in [-0.2, 0) is 9.16 Å². The lowest BCUT2D eigenvalue weighted by atomic mass is 9.99. The number of nitrogens with zero attached hydrogens (tertiary/aromatic N) is 4. The molecule has 1 aliphatic heterocycles. The van der Waals surface area contributed by atoms with Crippen LogP contribution in [-0.4, -0.2) is 40.0 Å². The molecular formula is C18H31N5O2Si. The fraction of sp³-hybridized carbons (Fsp3) is 0.722. The Morgan fingerprint density at radius 1 is 1.27 bits per heavy atom. The summed E-state index contributed by atoms with van der Waals surface area (Å²) in [7, 11) is -1.96. The van der Waals surface area contributed by atoms with Gasteiger partial charge in [-0.2, -0.15) is 0 Å². The molecule has 0 amide bonds. The summed E-state index contributed by atoms with van der Waals surface area (Å²) in [6.45, 7) is 15.7. The first-order chi connectivity index (χ1) is 12.1. The fourth-order valence-corrected chi connectivity index (χ4v) is 4.65. The van der Waals surface area contributed by atoms with E-state index >= 15 is 0 Å². The minimum atomic E-state index is -1.96. The third kappa shape index (κ3) is 3.14. The predicted molar refractivity (Wildman–Crippen MR) is 105 cm³/mol. The van der Waals surface area contributed by atoms with Crippen LogP contribution < -0.4 is 5.73 Å². The van der Waals surface area contributed by atoms with Gasteiger partial charge in [-0.3, -0.25) is 4.57 Å². The van der Waals surface area contributed by atoms with Gasteiger partial charge in [0.2, 0.25) is 0 Å². The molecular weight excluding hydrogens is 346 g/mol. The average Bonchev–Trinajstić information content (AvgIpc) is 3.09. The maximum Gasteiger partial charge on any atom is 0.192 e. The molecule has 2 N–H and O–H groups in total. The van der Waals surface area contributed by atoms with Crippen molar-refractivity contribution in [2.75, 3.05) is 5.73 Å². The van der Waals surface area contributed by atoms with E-state index in [4.69, 9.17) is 14.9 Å². The molecule has 0 aliphatic carbocycles. The number of hydrogen-bond acceptors (Lipinski definition) is 6. The standard InChI is InChI=1S/C18H31N5O2Si/c1-8-12-11(2)14(25-26(6,7)18(3,4)5)17(24-12)23-10-22-13-15(19)20-9-21-16(13)23/h9-12,14,17H,8H2,1-7H3,(H2,19,20,21)/t11-,12-,14-,17-/m1/s1. The first-order valence-corrected chi connectivity index (χ1v) is 12.2. The highest BCUT2D eigenvalue weighted by atomic mass is 28.4. The van der Waals surface area contributed by atoms with Gasteiger partial charge in [0.05, 0.1) is 18.5 Å². The van der Waals surface area contributed by atoms with Gasteiger partial charge in [-0.1, -0.05) is 34.6 Å². The van der Waals surface area contributed by atoms with Crippen molar-refractivity contribution in [2.24, 2.45) is 5.92 Å². The molecule has 7 nitrogen and oxygen atoms in total. The molecule has 3 rings (SSSR count). The topological polar surface area (TPSA) is 88.1 Å². The van der Waals surface area contributed by atoms with Gasteiger partial charge in [0.15, 0.2) is 26.0 Å². The second-order valence-electron chi connectivity index (χ2n) is 8.76. The molecule has 26 heavy (non-hydrogen) atoms. The maximum absolute atomic E-state index is 6.81. The lowest BCUT2D eigenvalue weighted by Gasteiger charge is -2.40. The van der Waals surface area contributed by atoms with Gasteiger partial charge in [0.1, 0.15) is 11.8 Å². The second-order valence-corrected chi connectivity index (χ2v) is 13.5. The van der Waals surface area contributed by atoms with Crippen molar-refractivity contribution >= 4 is 25.3 Å². The number of rotatable bonds is 4. The van der Waals surface area contributed by atoms with Crippen molar-refractivity contribution in [3.8, 4) is 0 Å². The largest absolute Gasteiger partial charge is 0.409 e. The smallest absolute Gasteiger partial charge is 0.192 e. The average molecular weight is 378 g/mol. The van der Waals surface area contributed by atoms with E-state index in [1.165, 1.54) is 6.33 Å². The van der Waals surface area contributed by atoms with Gasteiger partial charge in [-0.05, 0) is 24.6 Å². The van der Waals surface area contributed by atoms with Crippen LogP contribution in [0.1, 0.15) is 47.3 Å². The summed E-state index contributed by atoms with van der Waals surface area (Å²) < 4.78 is 15.2. The van der Waals surface area contributed by atoms with Crippen molar-refractivity contribution < 1.29 is 9.16 Å². The van der Waals surface area contributed by atoms with E-state index in [9.17, 15) is 0 Å². The molecule has 2 aromatic rings. The van der Waals surface area contributed by atoms with Crippen molar-refractivity contribution in [3.63, 3.8) is 0 Å². The summed E-state index contributed by atoms with van der Waals surface area (Å²) in [5.41, 5.74) is 7.25. The van der Waals surface area contributed by atoms with E-state index in [2.05, 4.69) is 62.7 Å². The fourth-order valence-electron chi connectivity index (χ4n) is 3.28. The number of hydrogen-bond donors (Lipinski definition) is 1. The number of fused-ring (bicyclic) bond motifs is 1. The Labute approximate surface area is 156 Å². The van der Waals surface area contributed by atoms with Gasteiger partial charge >= 0.3 is 0 Å².